The lowest BCUT2D eigenvalue weighted by Crippen LogP contribution is -2.60. The van der Waals surface area contributed by atoms with Gasteiger partial charge in [0, 0.05) is 46.4 Å². The van der Waals surface area contributed by atoms with Crippen LogP contribution >= 0.6 is 0 Å². The van der Waals surface area contributed by atoms with Gasteiger partial charge in [0.25, 0.3) is 0 Å². The number of fused-ring (bicyclic) bond motifs is 2. The van der Waals surface area contributed by atoms with Gasteiger partial charge in [-0.1, -0.05) is 48.5 Å². The Kier molecular flexibility index (Phi) is 10.3. The lowest BCUT2D eigenvalue weighted by Gasteiger charge is -2.53. The van der Waals surface area contributed by atoms with Crippen molar-refractivity contribution in [3.05, 3.63) is 95.1 Å². The summed E-state index contributed by atoms with van der Waals surface area (Å²) in [6.07, 6.45) is 0. The van der Waals surface area contributed by atoms with E-state index < -0.39 is 36.0 Å². The Morgan fingerprint density at radius 1 is 0.380 bits per heavy atom. The molecule has 0 aliphatic carbocycles. The van der Waals surface area contributed by atoms with Crippen molar-refractivity contribution in [2.75, 3.05) is 56.9 Å². The smallest absolute Gasteiger partial charge is 0.165 e. The van der Waals surface area contributed by atoms with Crippen molar-refractivity contribution in [2.45, 2.75) is 24.2 Å². The highest BCUT2D eigenvalue weighted by molar-refractivity contribution is 5.90. The molecule has 2 aliphatic rings. The fraction of sp³-hybridized carbons (Fsp3) is 0.359. The van der Waals surface area contributed by atoms with E-state index in [1.807, 2.05) is 72.8 Å². The van der Waals surface area contributed by atoms with Crippen LogP contribution in [-0.2, 0) is 4.79 Å². The third kappa shape index (κ3) is 5.70. The molecule has 11 heteroatoms. The number of ketones is 1. The van der Waals surface area contributed by atoms with Crippen molar-refractivity contribution < 1.29 is 42.7 Å². The molecule has 0 amide bonds. The Morgan fingerprint density at radius 3 is 0.820 bits per heavy atom. The Balaban J connectivity index is 1.66. The van der Waals surface area contributed by atoms with Crippen LogP contribution in [0.4, 0.5) is 0 Å². The molecule has 6 rings (SSSR count). The first-order chi connectivity index (χ1) is 24.4. The summed E-state index contributed by atoms with van der Waals surface area (Å²) in [6, 6.07) is 20.5. The molecule has 4 aromatic carbocycles. The summed E-state index contributed by atoms with van der Waals surface area (Å²) >= 11 is 0. The molecule has 264 valence electrons. The second-order valence-corrected chi connectivity index (χ2v) is 12.0. The molecule has 4 atom stereocenters. The van der Waals surface area contributed by atoms with Crippen LogP contribution in [0.2, 0.25) is 0 Å². The first-order valence-corrected chi connectivity index (χ1v) is 16.3. The number of benzene rings is 4. The van der Waals surface area contributed by atoms with Crippen LogP contribution in [0.1, 0.15) is 46.4 Å². The molecule has 2 bridgehead atoms. The van der Waals surface area contributed by atoms with Gasteiger partial charge in [0.2, 0.25) is 0 Å². The van der Waals surface area contributed by atoms with Crippen molar-refractivity contribution in [3.63, 3.8) is 0 Å². The third-order valence-electron chi connectivity index (χ3n) is 9.89. The van der Waals surface area contributed by atoms with E-state index in [-0.39, 0.29) is 5.78 Å². The van der Waals surface area contributed by atoms with Crippen LogP contribution < -0.4 is 48.5 Å². The van der Waals surface area contributed by atoms with Gasteiger partial charge < -0.3 is 48.5 Å². The zero-order chi connectivity index (χ0) is 35.5. The molecule has 50 heavy (non-hydrogen) atoms. The van der Waals surface area contributed by atoms with E-state index in [0.717, 1.165) is 22.3 Å². The number of methoxy groups -OCH3 is 8. The number of hydrogen-bond acceptors (Lipinski definition) is 11. The number of para-hydroxylation sites is 4. The third-order valence-corrected chi connectivity index (χ3v) is 9.89. The molecule has 11 nitrogen and oxygen atoms in total. The van der Waals surface area contributed by atoms with Crippen LogP contribution in [0.3, 0.4) is 0 Å². The maximum atomic E-state index is 15.6. The molecule has 2 N–H and O–H groups in total. The lowest BCUT2D eigenvalue weighted by atomic mass is 9.63. The molecule has 0 saturated carbocycles. The first kappa shape index (κ1) is 34.7. The average Bonchev–Trinajstić information content (AvgIpc) is 3.16. The predicted octanol–water partition coefficient (Wildman–Crippen LogP) is 6.03. The fourth-order valence-electron chi connectivity index (χ4n) is 7.83. The highest BCUT2D eigenvalue weighted by Gasteiger charge is 2.57. The van der Waals surface area contributed by atoms with Gasteiger partial charge in [0.05, 0.1) is 68.7 Å². The number of rotatable bonds is 12. The lowest BCUT2D eigenvalue weighted by molar-refractivity contribution is -0.139. The normalized spacial score (nSPS) is 22.7. The van der Waals surface area contributed by atoms with Crippen LogP contribution in [0.5, 0.6) is 46.0 Å². The average molecular weight is 685 g/mol. The summed E-state index contributed by atoms with van der Waals surface area (Å²) in [5.74, 6) is 3.05. The molecule has 2 fully saturated rings. The molecule has 2 heterocycles. The molecule has 4 aromatic rings. The van der Waals surface area contributed by atoms with Gasteiger partial charge in [-0.3, -0.25) is 4.79 Å². The van der Waals surface area contributed by atoms with Crippen LogP contribution in [0, 0.1) is 11.8 Å². The first-order valence-electron chi connectivity index (χ1n) is 16.3. The number of ether oxygens (including phenoxy) is 8. The summed E-state index contributed by atoms with van der Waals surface area (Å²) in [7, 11) is 12.8. The minimum absolute atomic E-state index is 0.0250. The maximum absolute atomic E-state index is 15.6. The van der Waals surface area contributed by atoms with Gasteiger partial charge in [-0.05, 0) is 24.3 Å². The van der Waals surface area contributed by atoms with Crippen LogP contribution in [0.15, 0.2) is 72.8 Å². The van der Waals surface area contributed by atoms with Crippen molar-refractivity contribution >= 4 is 5.78 Å². The highest BCUT2D eigenvalue weighted by atomic mass is 16.5. The van der Waals surface area contributed by atoms with Crippen molar-refractivity contribution in [1.82, 2.24) is 10.6 Å². The molecule has 2 saturated heterocycles. The van der Waals surface area contributed by atoms with E-state index in [0.29, 0.717) is 46.0 Å². The summed E-state index contributed by atoms with van der Waals surface area (Å²) in [6.45, 7) is 0. The van der Waals surface area contributed by atoms with Crippen molar-refractivity contribution in [1.29, 1.82) is 0 Å². The zero-order valence-electron chi connectivity index (χ0n) is 29.6. The molecular weight excluding hydrogens is 640 g/mol. The Labute approximate surface area is 292 Å². The van der Waals surface area contributed by atoms with E-state index in [1.165, 1.54) is 0 Å². The van der Waals surface area contributed by atoms with E-state index in [9.17, 15) is 0 Å². The van der Waals surface area contributed by atoms with Gasteiger partial charge in [-0.25, -0.2) is 0 Å². The van der Waals surface area contributed by atoms with E-state index in [2.05, 4.69) is 10.6 Å². The zero-order valence-corrected chi connectivity index (χ0v) is 29.6. The number of hydrogen-bond donors (Lipinski definition) is 2. The van der Waals surface area contributed by atoms with Gasteiger partial charge in [-0.15, -0.1) is 0 Å². The van der Waals surface area contributed by atoms with Crippen LogP contribution in [-0.4, -0.2) is 62.7 Å². The van der Waals surface area contributed by atoms with Gasteiger partial charge >= 0.3 is 0 Å². The molecule has 4 unspecified atom stereocenters. The molecule has 0 aromatic heterocycles. The summed E-state index contributed by atoms with van der Waals surface area (Å²) in [5, 5.41) is 7.85. The predicted molar refractivity (Wildman–Crippen MR) is 187 cm³/mol. The standard InChI is InChI=1S/C39H44N2O9/c1-43-25-17-9-13-21(36(25)47-5)31-29-32(22-14-10-18-26(44-2)37(22)48-6)41-34(24-16-12-20-28(46-4)39(24)50-8)30(35(29)42)33(40-31)23-15-11-19-27(45-3)38(23)49-7/h9-20,29-34,40-41H,1-8H3. The second kappa shape index (κ2) is 14.8. The van der Waals surface area contributed by atoms with Crippen molar-refractivity contribution in [2.24, 2.45) is 11.8 Å². The van der Waals surface area contributed by atoms with E-state index in [4.69, 9.17) is 37.9 Å². The Morgan fingerprint density at radius 2 is 0.620 bits per heavy atom. The van der Waals surface area contributed by atoms with E-state index in [1.54, 1.807) is 56.9 Å². The number of carbonyl (C=O) groups excluding carboxylic acids is 1. The highest BCUT2D eigenvalue weighted by Crippen LogP contribution is 2.57. The summed E-state index contributed by atoms with van der Waals surface area (Å²) in [5.41, 5.74) is 3.06. The number of nitrogens with one attached hydrogen (secondary N) is 2. The molecule has 0 radical (unpaired) electrons. The number of carbonyl (C=O) groups is 1. The maximum Gasteiger partial charge on any atom is 0.165 e. The fourth-order valence-corrected chi connectivity index (χ4v) is 7.83. The van der Waals surface area contributed by atoms with Gasteiger partial charge in [0.15, 0.2) is 46.0 Å². The van der Waals surface area contributed by atoms with E-state index >= 15 is 4.79 Å². The SMILES string of the molecule is COc1cccc(C2NC(c3cccc(OC)c3OC)C3C(=O)C2C(c2cccc(OC)c2OC)NC3c2cccc(OC)c2OC)c1OC. The Hall–Kier alpha value is -5.13. The minimum atomic E-state index is -0.650. The van der Waals surface area contributed by atoms with Crippen LogP contribution in [0.25, 0.3) is 0 Å². The van der Waals surface area contributed by atoms with Crippen molar-refractivity contribution in [3.8, 4) is 46.0 Å². The monoisotopic (exact) mass is 684 g/mol. The second-order valence-electron chi connectivity index (χ2n) is 12.0. The number of Topliss-reactive ketones (excluding diaryl/α,β-unsaturated/α-hetero) is 1. The van der Waals surface area contributed by atoms with Gasteiger partial charge in [-0.2, -0.15) is 0 Å². The molecular formula is C39H44N2O9. The topological polar surface area (TPSA) is 115 Å². The number of piperidine rings is 2. The largest absolute Gasteiger partial charge is 0.493 e. The molecule has 2 aliphatic heterocycles. The molecule has 0 spiro atoms. The quantitative estimate of drug-likeness (QED) is 0.182. The summed E-state index contributed by atoms with van der Waals surface area (Å²) < 4.78 is 46.8. The minimum Gasteiger partial charge on any atom is -0.493 e. The van der Waals surface area contributed by atoms with Gasteiger partial charge in [0.1, 0.15) is 5.78 Å². The Bertz CT molecular complexity index is 1590. The summed E-state index contributed by atoms with van der Waals surface area (Å²) in [4.78, 5) is 15.6.